The maximum atomic E-state index is 12.3. The molecule has 2 unspecified atom stereocenters. The van der Waals surface area contributed by atoms with Gasteiger partial charge < -0.3 is 9.26 Å². The van der Waals surface area contributed by atoms with Gasteiger partial charge in [-0.25, -0.2) is 0 Å². The number of hydrogen-bond acceptors (Lipinski definition) is 7. The molecule has 2 bridgehead atoms. The monoisotopic (exact) mass is 346 g/mol. The molecule has 2 aromatic heterocycles. The van der Waals surface area contributed by atoms with Crippen LogP contribution in [0.5, 0.6) is 0 Å². The third kappa shape index (κ3) is 3.00. The van der Waals surface area contributed by atoms with E-state index >= 15 is 0 Å². The van der Waals surface area contributed by atoms with Gasteiger partial charge in [0.2, 0.25) is 5.82 Å². The van der Waals surface area contributed by atoms with E-state index in [0.29, 0.717) is 30.3 Å². The smallest absolute Gasteiger partial charge is 0.309 e. The Morgan fingerprint density at radius 1 is 1.33 bits per heavy atom. The molecule has 126 valence electrons. The number of rotatable bonds is 4. The largest absolute Gasteiger partial charge is 0.455 e. The molecule has 0 radical (unpaired) electrons. The van der Waals surface area contributed by atoms with Crippen molar-refractivity contribution in [2.75, 3.05) is 0 Å². The quantitative estimate of drug-likeness (QED) is 0.791. The van der Waals surface area contributed by atoms with E-state index in [-0.39, 0.29) is 30.3 Å². The number of ketones is 1. The van der Waals surface area contributed by atoms with Crippen LogP contribution < -0.4 is 0 Å². The van der Waals surface area contributed by atoms with Crippen LogP contribution in [0.1, 0.15) is 38.0 Å². The van der Waals surface area contributed by atoms with Crippen LogP contribution in [0.3, 0.4) is 0 Å². The lowest BCUT2D eigenvalue weighted by Crippen LogP contribution is -2.39. The molecule has 4 rings (SSSR count). The van der Waals surface area contributed by atoms with Crippen molar-refractivity contribution in [1.29, 1.82) is 0 Å². The predicted octanol–water partition coefficient (Wildman–Crippen LogP) is 3.24. The molecule has 0 N–H and O–H groups in total. The van der Waals surface area contributed by atoms with Gasteiger partial charge in [0.25, 0.3) is 5.89 Å². The highest BCUT2D eigenvalue weighted by Crippen LogP contribution is 2.40. The van der Waals surface area contributed by atoms with E-state index < -0.39 is 0 Å². The fourth-order valence-corrected chi connectivity index (χ4v) is 4.39. The highest BCUT2D eigenvalue weighted by molar-refractivity contribution is 7.13. The molecule has 2 saturated carbocycles. The van der Waals surface area contributed by atoms with Gasteiger partial charge in [-0.1, -0.05) is 17.6 Å². The molecule has 2 fully saturated rings. The summed E-state index contributed by atoms with van der Waals surface area (Å²) >= 11 is 1.52. The maximum absolute atomic E-state index is 12.3. The number of carbonyl (C=O) groups is 2. The summed E-state index contributed by atoms with van der Waals surface area (Å²) in [5.74, 6) is 0.802. The molecule has 2 aliphatic rings. The van der Waals surface area contributed by atoms with Gasteiger partial charge in [-0.05, 0) is 37.1 Å². The Balaban J connectivity index is 1.34. The second-order valence-corrected chi connectivity index (χ2v) is 7.44. The predicted molar refractivity (Wildman–Crippen MR) is 86.0 cm³/mol. The van der Waals surface area contributed by atoms with E-state index in [1.165, 1.54) is 11.3 Å². The van der Waals surface area contributed by atoms with Crippen LogP contribution in [-0.4, -0.2) is 21.9 Å². The summed E-state index contributed by atoms with van der Waals surface area (Å²) < 4.78 is 10.5. The summed E-state index contributed by atoms with van der Waals surface area (Å²) in [6, 6.07) is 3.82. The van der Waals surface area contributed by atoms with Crippen LogP contribution in [0.4, 0.5) is 0 Å². The summed E-state index contributed by atoms with van der Waals surface area (Å²) in [6.45, 7) is -0.0169. The molecule has 2 heterocycles. The fourth-order valence-electron chi connectivity index (χ4n) is 3.74. The second-order valence-electron chi connectivity index (χ2n) is 6.49. The van der Waals surface area contributed by atoms with E-state index in [1.54, 1.807) is 0 Å². The molecular weight excluding hydrogens is 328 g/mol. The zero-order valence-corrected chi connectivity index (χ0v) is 14.0. The molecular formula is C17H18N2O4S. The third-order valence-electron chi connectivity index (χ3n) is 4.93. The van der Waals surface area contributed by atoms with Crippen molar-refractivity contribution in [3.63, 3.8) is 0 Å². The number of fused-ring (bicyclic) bond motifs is 2. The maximum Gasteiger partial charge on any atom is 0.309 e. The standard InChI is InChI=1S/C17H18N2O4S/c20-15-10-3-1-4-11(15)8-12(7-10)17(21)22-9-14-18-16(19-23-14)13-5-2-6-24-13/h2,5-6,10-12H,1,3-4,7-9H2. The van der Waals surface area contributed by atoms with Crippen molar-refractivity contribution < 1.29 is 18.8 Å². The average molecular weight is 346 g/mol. The Labute approximate surface area is 143 Å². The van der Waals surface area contributed by atoms with Crippen molar-refractivity contribution >= 4 is 23.1 Å². The number of carbonyl (C=O) groups excluding carboxylic acids is 2. The van der Waals surface area contributed by atoms with Gasteiger partial charge in [0.1, 0.15) is 5.78 Å². The molecule has 0 aromatic carbocycles. The minimum atomic E-state index is -0.254. The van der Waals surface area contributed by atoms with Gasteiger partial charge in [0, 0.05) is 11.8 Å². The van der Waals surface area contributed by atoms with E-state index in [4.69, 9.17) is 9.26 Å². The zero-order chi connectivity index (χ0) is 16.5. The molecule has 6 nitrogen and oxygen atoms in total. The molecule has 2 aliphatic carbocycles. The Kier molecular flexibility index (Phi) is 4.18. The van der Waals surface area contributed by atoms with E-state index in [9.17, 15) is 9.59 Å². The number of aromatic nitrogens is 2. The fraction of sp³-hybridized carbons (Fsp3) is 0.529. The summed E-state index contributed by atoms with van der Waals surface area (Å²) in [7, 11) is 0. The van der Waals surface area contributed by atoms with Crippen LogP contribution in [0, 0.1) is 17.8 Å². The first-order valence-electron chi connectivity index (χ1n) is 8.27. The van der Waals surface area contributed by atoms with E-state index in [1.807, 2.05) is 17.5 Å². The van der Waals surface area contributed by atoms with E-state index in [0.717, 1.165) is 24.1 Å². The first-order chi connectivity index (χ1) is 11.7. The van der Waals surface area contributed by atoms with Crippen LogP contribution in [-0.2, 0) is 20.9 Å². The first-order valence-corrected chi connectivity index (χ1v) is 9.15. The van der Waals surface area contributed by atoms with Gasteiger partial charge in [-0.2, -0.15) is 4.98 Å². The molecule has 0 saturated heterocycles. The Morgan fingerprint density at radius 2 is 2.12 bits per heavy atom. The minimum absolute atomic E-state index is 0.0169. The normalized spacial score (nSPS) is 26.3. The average Bonchev–Trinajstić information content (AvgIpc) is 3.23. The number of ether oxygens (including phenoxy) is 1. The lowest BCUT2D eigenvalue weighted by Gasteiger charge is -2.36. The summed E-state index contributed by atoms with van der Waals surface area (Å²) in [5, 5.41) is 5.83. The highest BCUT2D eigenvalue weighted by Gasteiger charge is 2.41. The minimum Gasteiger partial charge on any atom is -0.455 e. The molecule has 0 aliphatic heterocycles. The summed E-state index contributed by atoms with van der Waals surface area (Å²) in [4.78, 5) is 29.6. The van der Waals surface area contributed by atoms with Crippen molar-refractivity contribution in [2.24, 2.45) is 17.8 Å². The lowest BCUT2D eigenvalue weighted by atomic mass is 9.67. The topological polar surface area (TPSA) is 82.3 Å². The summed E-state index contributed by atoms with van der Waals surface area (Å²) in [6.07, 6.45) is 4.16. The molecule has 0 spiro atoms. The second kappa shape index (κ2) is 6.47. The third-order valence-corrected chi connectivity index (χ3v) is 5.79. The number of thiophene rings is 1. The number of esters is 1. The Morgan fingerprint density at radius 3 is 2.83 bits per heavy atom. The molecule has 2 atom stereocenters. The number of nitrogens with zero attached hydrogens (tertiary/aromatic N) is 2. The zero-order valence-electron chi connectivity index (χ0n) is 13.1. The van der Waals surface area contributed by atoms with Gasteiger partial charge in [0.05, 0.1) is 10.8 Å². The summed E-state index contributed by atoms with van der Waals surface area (Å²) in [5.41, 5.74) is 0. The van der Waals surface area contributed by atoms with Crippen LogP contribution in [0.15, 0.2) is 22.0 Å². The van der Waals surface area contributed by atoms with Crippen LogP contribution in [0.2, 0.25) is 0 Å². The van der Waals surface area contributed by atoms with Crippen molar-refractivity contribution in [3.05, 3.63) is 23.4 Å². The van der Waals surface area contributed by atoms with Crippen molar-refractivity contribution in [1.82, 2.24) is 10.1 Å². The first kappa shape index (κ1) is 15.5. The van der Waals surface area contributed by atoms with Crippen LogP contribution in [0.25, 0.3) is 10.7 Å². The SMILES string of the molecule is O=C(OCc1nc(-c2cccs2)no1)C1CC2CCCC(C1)C2=O. The van der Waals surface area contributed by atoms with Gasteiger partial charge in [-0.3, -0.25) is 9.59 Å². The van der Waals surface area contributed by atoms with Crippen LogP contribution >= 0.6 is 11.3 Å². The number of hydrogen-bond donors (Lipinski definition) is 0. The molecule has 2 aromatic rings. The van der Waals surface area contributed by atoms with Crippen molar-refractivity contribution in [3.8, 4) is 10.7 Å². The van der Waals surface area contributed by atoms with Gasteiger partial charge in [-0.15, -0.1) is 11.3 Å². The van der Waals surface area contributed by atoms with Crippen molar-refractivity contribution in [2.45, 2.75) is 38.7 Å². The Hall–Kier alpha value is -2.02. The lowest BCUT2D eigenvalue weighted by molar-refractivity contribution is -0.155. The molecule has 7 heteroatoms. The molecule has 0 amide bonds. The molecule has 24 heavy (non-hydrogen) atoms. The van der Waals surface area contributed by atoms with Gasteiger partial charge in [0.15, 0.2) is 6.61 Å². The highest BCUT2D eigenvalue weighted by atomic mass is 32.1. The van der Waals surface area contributed by atoms with Gasteiger partial charge >= 0.3 is 5.97 Å². The number of Topliss-reactive ketones (excluding diaryl/α,β-unsaturated/α-hetero) is 1. The van der Waals surface area contributed by atoms with E-state index in [2.05, 4.69) is 10.1 Å². The Bertz CT molecular complexity index is 724.